The molecule has 1 aliphatic carbocycles. The van der Waals surface area contributed by atoms with Gasteiger partial charge in [0.1, 0.15) is 11.6 Å². The Morgan fingerprint density at radius 1 is 1.25 bits per heavy atom. The van der Waals surface area contributed by atoms with E-state index in [4.69, 9.17) is 0 Å². The van der Waals surface area contributed by atoms with Crippen molar-refractivity contribution in [1.82, 2.24) is 10.6 Å². The molecule has 1 fully saturated rings. The van der Waals surface area contributed by atoms with Crippen molar-refractivity contribution in [3.05, 3.63) is 35.4 Å². The van der Waals surface area contributed by atoms with Crippen molar-refractivity contribution >= 4 is 5.91 Å². The normalized spacial score (nSPS) is 18.2. The van der Waals surface area contributed by atoms with E-state index in [2.05, 4.69) is 10.6 Å². The highest BCUT2D eigenvalue weighted by molar-refractivity contribution is 5.86. The SMILES string of the molecule is CCCNC(=O)C1(NCC(O)c2c(F)cccc2F)CCCCC1. The van der Waals surface area contributed by atoms with Crippen LogP contribution in [-0.4, -0.2) is 29.6 Å². The molecule has 1 aromatic rings. The van der Waals surface area contributed by atoms with Crippen LogP contribution in [0.5, 0.6) is 0 Å². The number of benzene rings is 1. The fourth-order valence-corrected chi connectivity index (χ4v) is 3.27. The van der Waals surface area contributed by atoms with E-state index >= 15 is 0 Å². The number of carbonyl (C=O) groups excluding carboxylic acids is 1. The van der Waals surface area contributed by atoms with Crippen LogP contribution in [0.25, 0.3) is 0 Å². The Hall–Kier alpha value is -1.53. The summed E-state index contributed by atoms with van der Waals surface area (Å²) in [6, 6.07) is 3.49. The van der Waals surface area contributed by atoms with Gasteiger partial charge in [-0.1, -0.05) is 32.3 Å². The monoisotopic (exact) mass is 340 g/mol. The van der Waals surface area contributed by atoms with Crippen molar-refractivity contribution in [2.75, 3.05) is 13.1 Å². The molecule has 0 aliphatic heterocycles. The Balaban J connectivity index is 2.08. The maximum Gasteiger partial charge on any atom is 0.240 e. The van der Waals surface area contributed by atoms with E-state index in [0.717, 1.165) is 37.8 Å². The molecule has 3 N–H and O–H groups in total. The number of hydrogen-bond acceptors (Lipinski definition) is 3. The molecule has 0 heterocycles. The highest BCUT2D eigenvalue weighted by Crippen LogP contribution is 2.29. The lowest BCUT2D eigenvalue weighted by atomic mass is 9.80. The van der Waals surface area contributed by atoms with Gasteiger partial charge in [0.25, 0.3) is 0 Å². The van der Waals surface area contributed by atoms with Crippen LogP contribution >= 0.6 is 0 Å². The maximum atomic E-state index is 13.8. The van der Waals surface area contributed by atoms with Gasteiger partial charge in [-0.2, -0.15) is 0 Å². The number of halogens is 2. The Morgan fingerprint density at radius 3 is 2.46 bits per heavy atom. The van der Waals surface area contributed by atoms with Crippen LogP contribution in [0, 0.1) is 11.6 Å². The van der Waals surface area contributed by atoms with Gasteiger partial charge < -0.3 is 15.7 Å². The standard InChI is InChI=1S/C18H26F2N2O2/c1-2-11-21-17(24)18(9-4-3-5-10-18)22-12-15(23)16-13(19)7-6-8-14(16)20/h6-8,15,22-23H,2-5,9-12H2,1H3,(H,21,24). The fraction of sp³-hybridized carbons (Fsp3) is 0.611. The molecule has 1 amide bonds. The van der Waals surface area contributed by atoms with E-state index in [1.807, 2.05) is 6.92 Å². The third-order valence-corrected chi connectivity index (χ3v) is 4.64. The van der Waals surface area contributed by atoms with Gasteiger partial charge in [0.2, 0.25) is 5.91 Å². The number of hydrogen-bond donors (Lipinski definition) is 3. The second-order valence-corrected chi connectivity index (χ2v) is 6.43. The lowest BCUT2D eigenvalue weighted by Gasteiger charge is -2.37. The predicted octanol–water partition coefficient (Wildman–Crippen LogP) is 2.82. The highest BCUT2D eigenvalue weighted by atomic mass is 19.1. The summed E-state index contributed by atoms with van der Waals surface area (Å²) in [6.07, 6.45) is 3.71. The first-order valence-corrected chi connectivity index (χ1v) is 8.65. The Morgan fingerprint density at radius 2 is 1.88 bits per heavy atom. The molecule has 0 saturated heterocycles. The van der Waals surface area contributed by atoms with Crippen LogP contribution in [-0.2, 0) is 4.79 Å². The van der Waals surface area contributed by atoms with Crippen molar-refractivity contribution in [1.29, 1.82) is 0 Å². The summed E-state index contributed by atoms with van der Waals surface area (Å²) in [5, 5.41) is 16.2. The maximum absolute atomic E-state index is 13.8. The number of rotatable bonds is 7. The highest BCUT2D eigenvalue weighted by Gasteiger charge is 2.39. The number of amides is 1. The molecule has 134 valence electrons. The molecule has 1 saturated carbocycles. The zero-order valence-electron chi connectivity index (χ0n) is 14.1. The summed E-state index contributed by atoms with van der Waals surface area (Å²) in [5.41, 5.74) is -1.12. The molecule has 0 bridgehead atoms. The molecule has 1 aromatic carbocycles. The van der Waals surface area contributed by atoms with Gasteiger partial charge in [0, 0.05) is 13.1 Å². The average Bonchev–Trinajstić information content (AvgIpc) is 2.58. The molecule has 0 radical (unpaired) electrons. The van der Waals surface area contributed by atoms with Gasteiger partial charge in [-0.3, -0.25) is 4.79 Å². The van der Waals surface area contributed by atoms with E-state index in [-0.39, 0.29) is 18.0 Å². The van der Waals surface area contributed by atoms with Gasteiger partial charge in [0.05, 0.1) is 17.2 Å². The van der Waals surface area contributed by atoms with E-state index in [0.29, 0.717) is 19.4 Å². The minimum Gasteiger partial charge on any atom is -0.387 e. The van der Waals surface area contributed by atoms with Crippen LogP contribution in [0.2, 0.25) is 0 Å². The zero-order valence-corrected chi connectivity index (χ0v) is 14.1. The Kier molecular flexibility index (Phi) is 6.69. The van der Waals surface area contributed by atoms with Gasteiger partial charge >= 0.3 is 0 Å². The van der Waals surface area contributed by atoms with Crippen LogP contribution in [0.1, 0.15) is 57.1 Å². The fourth-order valence-electron chi connectivity index (χ4n) is 3.27. The van der Waals surface area contributed by atoms with Crippen LogP contribution in [0.15, 0.2) is 18.2 Å². The minimum atomic E-state index is -1.34. The van der Waals surface area contributed by atoms with E-state index < -0.39 is 23.3 Å². The van der Waals surface area contributed by atoms with Crippen LogP contribution in [0.3, 0.4) is 0 Å². The molecule has 0 spiro atoms. The molecule has 6 heteroatoms. The number of aliphatic hydroxyl groups excluding tert-OH is 1. The van der Waals surface area contributed by atoms with Crippen molar-refractivity contribution in [2.24, 2.45) is 0 Å². The summed E-state index contributed by atoms with van der Waals surface area (Å²) < 4.78 is 27.6. The Bertz CT molecular complexity index is 540. The summed E-state index contributed by atoms with van der Waals surface area (Å²) in [6.45, 7) is 2.50. The summed E-state index contributed by atoms with van der Waals surface area (Å²) in [5.74, 6) is -1.65. The predicted molar refractivity (Wildman–Crippen MR) is 88.4 cm³/mol. The first kappa shape index (κ1) is 18.8. The molecule has 1 atom stereocenters. The summed E-state index contributed by atoms with van der Waals surface area (Å²) >= 11 is 0. The minimum absolute atomic E-state index is 0.0720. The summed E-state index contributed by atoms with van der Waals surface area (Å²) in [7, 11) is 0. The second-order valence-electron chi connectivity index (χ2n) is 6.43. The molecule has 24 heavy (non-hydrogen) atoms. The van der Waals surface area contributed by atoms with Gasteiger partial charge in [-0.15, -0.1) is 0 Å². The largest absolute Gasteiger partial charge is 0.387 e. The third-order valence-electron chi connectivity index (χ3n) is 4.64. The zero-order chi connectivity index (χ0) is 17.6. The van der Waals surface area contributed by atoms with Crippen molar-refractivity contribution in [3.8, 4) is 0 Å². The number of nitrogens with one attached hydrogen (secondary N) is 2. The summed E-state index contributed by atoms with van der Waals surface area (Å²) in [4.78, 5) is 12.6. The Labute approximate surface area is 141 Å². The molecule has 0 aromatic heterocycles. The molecule has 1 unspecified atom stereocenters. The van der Waals surface area contributed by atoms with E-state index in [1.165, 1.54) is 6.07 Å². The number of aliphatic hydroxyl groups is 1. The first-order valence-electron chi connectivity index (χ1n) is 8.65. The first-order chi connectivity index (χ1) is 11.5. The van der Waals surface area contributed by atoms with Crippen molar-refractivity contribution in [2.45, 2.75) is 57.1 Å². The quantitative estimate of drug-likeness (QED) is 0.715. The molecular formula is C18H26F2N2O2. The molecule has 1 aliphatic rings. The average molecular weight is 340 g/mol. The van der Waals surface area contributed by atoms with Gasteiger partial charge in [-0.05, 0) is 31.4 Å². The van der Waals surface area contributed by atoms with Crippen molar-refractivity contribution < 1.29 is 18.7 Å². The topological polar surface area (TPSA) is 61.4 Å². The molecule has 2 rings (SSSR count). The number of carbonyl (C=O) groups is 1. The smallest absolute Gasteiger partial charge is 0.240 e. The second kappa shape index (κ2) is 8.53. The van der Waals surface area contributed by atoms with Crippen molar-refractivity contribution in [3.63, 3.8) is 0 Å². The molecular weight excluding hydrogens is 314 g/mol. The van der Waals surface area contributed by atoms with Gasteiger partial charge in [0.15, 0.2) is 0 Å². The number of β-amino-alcohol motifs (C(OH)–C–C–N with tert-alkyl or cyclic N) is 1. The lowest BCUT2D eigenvalue weighted by molar-refractivity contribution is -0.129. The van der Waals surface area contributed by atoms with Crippen LogP contribution < -0.4 is 10.6 Å². The molecule has 4 nitrogen and oxygen atoms in total. The lowest BCUT2D eigenvalue weighted by Crippen LogP contribution is -2.58. The van der Waals surface area contributed by atoms with E-state index in [1.54, 1.807) is 0 Å². The van der Waals surface area contributed by atoms with Gasteiger partial charge in [-0.25, -0.2) is 8.78 Å². The third kappa shape index (κ3) is 4.30. The van der Waals surface area contributed by atoms with Crippen LogP contribution in [0.4, 0.5) is 8.78 Å². The van der Waals surface area contributed by atoms with E-state index in [9.17, 15) is 18.7 Å².